The third-order valence-corrected chi connectivity index (χ3v) is 4.48. The van der Waals surface area contributed by atoms with E-state index in [-0.39, 0.29) is 23.6 Å². The van der Waals surface area contributed by atoms with Gasteiger partial charge in [-0.15, -0.1) is 0 Å². The molecule has 1 aromatic carbocycles. The van der Waals surface area contributed by atoms with Gasteiger partial charge in [-0.25, -0.2) is 4.39 Å². The van der Waals surface area contributed by atoms with Crippen LogP contribution < -0.4 is 0 Å². The molecule has 0 N–H and O–H groups in total. The Bertz CT molecular complexity index is 716. The SMILES string of the molecule is Cc1noc(C2CCCN(C(=O)C(C)Cc3cccc(F)c3)C2)n1. The van der Waals surface area contributed by atoms with Gasteiger partial charge in [0.1, 0.15) is 5.82 Å². The second kappa shape index (κ2) is 7.11. The molecule has 128 valence electrons. The first kappa shape index (κ1) is 16.6. The highest BCUT2D eigenvalue weighted by molar-refractivity contribution is 5.79. The first-order valence-corrected chi connectivity index (χ1v) is 8.36. The normalized spacial score (nSPS) is 19.3. The molecule has 0 radical (unpaired) electrons. The van der Waals surface area contributed by atoms with E-state index in [1.807, 2.05) is 17.9 Å². The number of halogens is 1. The Hall–Kier alpha value is -2.24. The predicted octanol–water partition coefficient (Wildman–Crippen LogP) is 3.10. The van der Waals surface area contributed by atoms with Crippen molar-refractivity contribution in [2.45, 2.75) is 39.0 Å². The van der Waals surface area contributed by atoms with Gasteiger partial charge in [0.15, 0.2) is 5.82 Å². The summed E-state index contributed by atoms with van der Waals surface area (Å²) in [6, 6.07) is 6.44. The smallest absolute Gasteiger partial charge is 0.231 e. The largest absolute Gasteiger partial charge is 0.342 e. The van der Waals surface area contributed by atoms with Crippen LogP contribution >= 0.6 is 0 Å². The number of aryl methyl sites for hydroxylation is 1. The van der Waals surface area contributed by atoms with E-state index in [9.17, 15) is 9.18 Å². The maximum absolute atomic E-state index is 13.3. The van der Waals surface area contributed by atoms with Crippen LogP contribution in [0.2, 0.25) is 0 Å². The Morgan fingerprint density at radius 2 is 2.33 bits per heavy atom. The van der Waals surface area contributed by atoms with E-state index in [0.717, 1.165) is 24.9 Å². The van der Waals surface area contributed by atoms with E-state index in [0.29, 0.717) is 24.7 Å². The number of piperidine rings is 1. The van der Waals surface area contributed by atoms with Crippen molar-refractivity contribution in [2.24, 2.45) is 5.92 Å². The molecule has 2 unspecified atom stereocenters. The molecule has 1 fully saturated rings. The lowest BCUT2D eigenvalue weighted by Crippen LogP contribution is -2.42. The van der Waals surface area contributed by atoms with Crippen molar-refractivity contribution in [2.75, 3.05) is 13.1 Å². The summed E-state index contributed by atoms with van der Waals surface area (Å²) in [5, 5.41) is 3.84. The number of nitrogens with zero attached hydrogens (tertiary/aromatic N) is 3. The summed E-state index contributed by atoms with van der Waals surface area (Å²) >= 11 is 0. The molecule has 24 heavy (non-hydrogen) atoms. The van der Waals surface area contributed by atoms with Crippen LogP contribution in [-0.2, 0) is 11.2 Å². The van der Waals surface area contributed by atoms with E-state index < -0.39 is 0 Å². The van der Waals surface area contributed by atoms with E-state index in [2.05, 4.69) is 10.1 Å². The average Bonchev–Trinajstić information content (AvgIpc) is 3.01. The van der Waals surface area contributed by atoms with Crippen LogP contribution in [-0.4, -0.2) is 34.0 Å². The zero-order chi connectivity index (χ0) is 17.1. The fourth-order valence-corrected chi connectivity index (χ4v) is 3.27. The van der Waals surface area contributed by atoms with Crippen molar-refractivity contribution in [3.05, 3.63) is 47.4 Å². The molecule has 2 aromatic rings. The van der Waals surface area contributed by atoms with Crippen molar-refractivity contribution in [3.63, 3.8) is 0 Å². The zero-order valence-electron chi connectivity index (χ0n) is 14.0. The highest BCUT2D eigenvalue weighted by atomic mass is 19.1. The summed E-state index contributed by atoms with van der Waals surface area (Å²) in [6.07, 6.45) is 2.41. The molecule has 0 saturated carbocycles. The first-order chi connectivity index (χ1) is 11.5. The van der Waals surface area contributed by atoms with E-state index in [4.69, 9.17) is 4.52 Å². The van der Waals surface area contributed by atoms with Crippen LogP contribution in [0.3, 0.4) is 0 Å². The molecule has 5 nitrogen and oxygen atoms in total. The number of hydrogen-bond donors (Lipinski definition) is 0. The summed E-state index contributed by atoms with van der Waals surface area (Å²) in [7, 11) is 0. The molecule has 6 heteroatoms. The number of rotatable bonds is 4. The molecular weight excluding hydrogens is 309 g/mol. The fourth-order valence-electron chi connectivity index (χ4n) is 3.27. The number of benzene rings is 1. The second-order valence-electron chi connectivity index (χ2n) is 6.54. The number of hydrogen-bond acceptors (Lipinski definition) is 4. The minimum atomic E-state index is -0.267. The Morgan fingerprint density at radius 3 is 3.04 bits per heavy atom. The number of likely N-dealkylation sites (tertiary alicyclic amines) is 1. The van der Waals surface area contributed by atoms with Gasteiger partial charge in [0.2, 0.25) is 11.8 Å². The van der Waals surface area contributed by atoms with Gasteiger partial charge in [0.05, 0.1) is 5.92 Å². The van der Waals surface area contributed by atoms with Crippen molar-refractivity contribution >= 4 is 5.91 Å². The van der Waals surface area contributed by atoms with Crippen LogP contribution in [0.1, 0.15) is 43.0 Å². The van der Waals surface area contributed by atoms with Crippen LogP contribution in [0.4, 0.5) is 4.39 Å². The standard InChI is InChI=1S/C18H22FN3O2/c1-12(9-14-5-3-7-16(19)10-14)18(23)22-8-4-6-15(11-22)17-20-13(2)21-24-17/h3,5,7,10,12,15H,4,6,8-9,11H2,1-2H3. The van der Waals surface area contributed by atoms with Crippen LogP contribution in [0.15, 0.2) is 28.8 Å². The van der Waals surface area contributed by atoms with Gasteiger partial charge < -0.3 is 9.42 Å². The Morgan fingerprint density at radius 1 is 1.50 bits per heavy atom. The molecule has 1 amide bonds. The summed E-state index contributed by atoms with van der Waals surface area (Å²) in [6.45, 7) is 5.04. The van der Waals surface area contributed by atoms with E-state index in [1.165, 1.54) is 12.1 Å². The maximum atomic E-state index is 13.3. The Labute approximate surface area is 140 Å². The Balaban J connectivity index is 1.63. The minimum absolute atomic E-state index is 0.0974. The highest BCUT2D eigenvalue weighted by Gasteiger charge is 2.30. The molecule has 2 atom stereocenters. The monoisotopic (exact) mass is 331 g/mol. The average molecular weight is 331 g/mol. The van der Waals surface area contributed by atoms with Gasteiger partial charge in [-0.2, -0.15) is 4.98 Å². The lowest BCUT2D eigenvalue weighted by Gasteiger charge is -2.33. The lowest BCUT2D eigenvalue weighted by atomic mass is 9.94. The van der Waals surface area contributed by atoms with Gasteiger partial charge in [-0.1, -0.05) is 24.2 Å². The molecule has 0 aliphatic carbocycles. The molecule has 1 aromatic heterocycles. The number of carbonyl (C=O) groups is 1. The zero-order valence-corrected chi connectivity index (χ0v) is 14.0. The molecule has 2 heterocycles. The number of amides is 1. The minimum Gasteiger partial charge on any atom is -0.342 e. The van der Waals surface area contributed by atoms with Gasteiger partial charge in [0.25, 0.3) is 0 Å². The summed E-state index contributed by atoms with van der Waals surface area (Å²) in [4.78, 5) is 18.9. The van der Waals surface area contributed by atoms with Crippen LogP contribution in [0.25, 0.3) is 0 Å². The van der Waals surface area contributed by atoms with Crippen LogP contribution in [0, 0.1) is 18.7 Å². The maximum Gasteiger partial charge on any atom is 0.231 e. The molecule has 3 rings (SSSR count). The summed E-state index contributed by atoms with van der Waals surface area (Å²) < 4.78 is 18.6. The fraction of sp³-hybridized carbons (Fsp3) is 0.500. The number of aromatic nitrogens is 2. The van der Waals surface area contributed by atoms with E-state index >= 15 is 0 Å². The van der Waals surface area contributed by atoms with Crippen molar-refractivity contribution < 1.29 is 13.7 Å². The molecular formula is C18H22FN3O2. The third-order valence-electron chi connectivity index (χ3n) is 4.48. The number of carbonyl (C=O) groups excluding carboxylic acids is 1. The van der Waals surface area contributed by atoms with Gasteiger partial charge >= 0.3 is 0 Å². The Kier molecular flexibility index (Phi) is 4.92. The first-order valence-electron chi connectivity index (χ1n) is 8.36. The molecule has 1 saturated heterocycles. The van der Waals surface area contributed by atoms with Crippen LogP contribution in [0.5, 0.6) is 0 Å². The molecule has 0 spiro atoms. The van der Waals surface area contributed by atoms with Crippen molar-refractivity contribution in [3.8, 4) is 0 Å². The van der Waals surface area contributed by atoms with Gasteiger partial charge in [-0.3, -0.25) is 4.79 Å². The summed E-state index contributed by atoms with van der Waals surface area (Å²) in [5.74, 6) is 0.980. The topological polar surface area (TPSA) is 59.2 Å². The molecule has 0 bridgehead atoms. The quantitative estimate of drug-likeness (QED) is 0.864. The second-order valence-corrected chi connectivity index (χ2v) is 6.54. The third kappa shape index (κ3) is 3.80. The molecule has 1 aliphatic heterocycles. The van der Waals surface area contributed by atoms with E-state index in [1.54, 1.807) is 13.0 Å². The van der Waals surface area contributed by atoms with Crippen molar-refractivity contribution in [1.82, 2.24) is 15.0 Å². The van der Waals surface area contributed by atoms with Gasteiger partial charge in [0, 0.05) is 19.0 Å². The highest BCUT2D eigenvalue weighted by Crippen LogP contribution is 2.27. The lowest BCUT2D eigenvalue weighted by molar-refractivity contribution is -0.136. The molecule has 1 aliphatic rings. The predicted molar refractivity (Wildman–Crippen MR) is 86.9 cm³/mol. The van der Waals surface area contributed by atoms with Gasteiger partial charge in [-0.05, 0) is 43.9 Å². The summed E-state index contributed by atoms with van der Waals surface area (Å²) in [5.41, 5.74) is 0.844. The van der Waals surface area contributed by atoms with Crippen molar-refractivity contribution in [1.29, 1.82) is 0 Å².